The Morgan fingerprint density at radius 3 is 1.53 bits per heavy atom. The van der Waals surface area contributed by atoms with E-state index in [0.29, 0.717) is 47.0 Å². The van der Waals surface area contributed by atoms with Crippen molar-refractivity contribution in [1.29, 1.82) is 0 Å². The van der Waals surface area contributed by atoms with Gasteiger partial charge in [0.05, 0.1) is 13.2 Å². The van der Waals surface area contributed by atoms with E-state index in [0.717, 1.165) is 35.4 Å². The Balaban J connectivity index is 1.85. The Labute approximate surface area is 220 Å². The van der Waals surface area contributed by atoms with E-state index in [1.807, 2.05) is 71.4 Å². The Morgan fingerprint density at radius 1 is 0.639 bits per heavy atom. The van der Waals surface area contributed by atoms with Crippen LogP contribution in [0.2, 0.25) is 0 Å². The molecule has 5 rings (SSSR count). The average molecular weight is 521 g/mol. The molecule has 2 aromatic heterocycles. The van der Waals surface area contributed by atoms with Crippen molar-refractivity contribution in [2.45, 2.75) is 50.7 Å². The molecule has 0 spiro atoms. The SMILES string of the molecule is CCCCOc1cccc2c1C(O)(c1cccs1)c1c(OCCCC)cccc1C2(O)c1cccs1. The fraction of sp³-hybridized carbons (Fsp3) is 0.333. The molecule has 0 bridgehead atoms. The highest BCUT2D eigenvalue weighted by Gasteiger charge is 2.54. The van der Waals surface area contributed by atoms with Crippen LogP contribution in [-0.4, -0.2) is 23.4 Å². The van der Waals surface area contributed by atoms with Gasteiger partial charge in [-0.1, -0.05) is 63.1 Å². The van der Waals surface area contributed by atoms with Crippen molar-refractivity contribution >= 4 is 22.7 Å². The van der Waals surface area contributed by atoms with Crippen molar-refractivity contribution in [3.05, 3.63) is 103 Å². The number of ether oxygens (including phenoxy) is 2. The fourth-order valence-electron chi connectivity index (χ4n) is 5.06. The van der Waals surface area contributed by atoms with Crippen LogP contribution in [0.15, 0.2) is 71.4 Å². The van der Waals surface area contributed by atoms with E-state index in [-0.39, 0.29) is 0 Å². The van der Waals surface area contributed by atoms with Gasteiger partial charge in [0.2, 0.25) is 0 Å². The molecule has 0 aliphatic heterocycles. The van der Waals surface area contributed by atoms with E-state index in [4.69, 9.17) is 9.47 Å². The molecule has 0 atom stereocenters. The van der Waals surface area contributed by atoms with E-state index in [9.17, 15) is 10.2 Å². The van der Waals surface area contributed by atoms with Gasteiger partial charge in [0.15, 0.2) is 11.2 Å². The minimum atomic E-state index is -1.55. The molecular weight excluding hydrogens is 488 g/mol. The zero-order chi connectivity index (χ0) is 25.2. The van der Waals surface area contributed by atoms with Crippen molar-refractivity contribution < 1.29 is 19.7 Å². The number of hydrogen-bond donors (Lipinski definition) is 2. The lowest BCUT2D eigenvalue weighted by Gasteiger charge is -2.45. The van der Waals surface area contributed by atoms with Crippen LogP contribution in [0, 0.1) is 0 Å². The minimum absolute atomic E-state index is 0.534. The van der Waals surface area contributed by atoms with Crippen LogP contribution in [0.3, 0.4) is 0 Å². The average Bonchev–Trinajstić information content (AvgIpc) is 3.63. The molecule has 1 aliphatic rings. The summed E-state index contributed by atoms with van der Waals surface area (Å²) in [5, 5.41) is 29.5. The third-order valence-corrected chi connectivity index (χ3v) is 8.78. The molecule has 4 nitrogen and oxygen atoms in total. The standard InChI is InChI=1S/C30H32O4S2/c1-3-5-17-33-23-13-7-11-21-27(23)30(32,26-16-10-20-36-26)28-22(29(21,31)25-15-9-19-35-25)12-8-14-24(28)34-18-6-4-2/h7-16,19-20,31-32H,3-6,17-18H2,1-2H3. The van der Waals surface area contributed by atoms with Crippen molar-refractivity contribution in [2.75, 3.05) is 13.2 Å². The van der Waals surface area contributed by atoms with Gasteiger partial charge >= 0.3 is 0 Å². The third-order valence-electron chi connectivity index (χ3n) is 6.82. The lowest BCUT2D eigenvalue weighted by Crippen LogP contribution is -2.44. The lowest BCUT2D eigenvalue weighted by atomic mass is 9.66. The van der Waals surface area contributed by atoms with E-state index in [1.165, 1.54) is 22.7 Å². The first-order chi connectivity index (χ1) is 17.6. The van der Waals surface area contributed by atoms with Crippen LogP contribution in [0.1, 0.15) is 71.5 Å². The van der Waals surface area contributed by atoms with Crippen LogP contribution < -0.4 is 9.47 Å². The molecule has 4 aromatic rings. The predicted octanol–water partition coefficient (Wildman–Crippen LogP) is 7.05. The smallest absolute Gasteiger partial charge is 0.157 e. The summed E-state index contributed by atoms with van der Waals surface area (Å²) in [6, 6.07) is 19.2. The van der Waals surface area contributed by atoms with Crippen LogP contribution in [-0.2, 0) is 11.2 Å². The number of unbranched alkanes of at least 4 members (excludes halogenated alkanes) is 2. The number of rotatable bonds is 10. The summed E-state index contributed by atoms with van der Waals surface area (Å²) < 4.78 is 12.6. The summed E-state index contributed by atoms with van der Waals surface area (Å²) in [4.78, 5) is 1.55. The largest absolute Gasteiger partial charge is 0.493 e. The van der Waals surface area contributed by atoms with Gasteiger partial charge in [-0.05, 0) is 47.9 Å². The van der Waals surface area contributed by atoms with Crippen molar-refractivity contribution in [2.24, 2.45) is 0 Å². The zero-order valence-corrected chi connectivity index (χ0v) is 22.3. The molecular formula is C30H32O4S2. The Hall–Kier alpha value is -2.64. The minimum Gasteiger partial charge on any atom is -0.493 e. The summed E-state index contributed by atoms with van der Waals surface area (Å²) in [5.74, 6) is 1.17. The summed E-state index contributed by atoms with van der Waals surface area (Å²) in [6.07, 6.45) is 3.81. The summed E-state index contributed by atoms with van der Waals surface area (Å²) >= 11 is 2.98. The number of aliphatic hydroxyl groups is 2. The van der Waals surface area contributed by atoms with Gasteiger partial charge < -0.3 is 19.7 Å². The lowest BCUT2D eigenvalue weighted by molar-refractivity contribution is 0.0722. The molecule has 0 amide bonds. The van der Waals surface area contributed by atoms with Gasteiger partial charge in [-0.3, -0.25) is 0 Å². The first kappa shape index (κ1) is 25.0. The number of thiophene rings is 2. The first-order valence-electron chi connectivity index (χ1n) is 12.6. The second kappa shape index (κ2) is 10.4. The number of benzene rings is 2. The van der Waals surface area contributed by atoms with E-state index >= 15 is 0 Å². The van der Waals surface area contributed by atoms with Crippen LogP contribution in [0.4, 0.5) is 0 Å². The maximum Gasteiger partial charge on any atom is 0.157 e. The summed E-state index contributed by atoms with van der Waals surface area (Å²) in [5.41, 5.74) is -0.581. The predicted molar refractivity (Wildman–Crippen MR) is 147 cm³/mol. The zero-order valence-electron chi connectivity index (χ0n) is 20.7. The number of fused-ring (bicyclic) bond motifs is 2. The van der Waals surface area contributed by atoms with Gasteiger partial charge in [-0.15, -0.1) is 22.7 Å². The number of hydrogen-bond acceptors (Lipinski definition) is 6. The van der Waals surface area contributed by atoms with Crippen molar-refractivity contribution in [1.82, 2.24) is 0 Å². The fourth-order valence-corrected chi connectivity index (χ4v) is 6.74. The molecule has 36 heavy (non-hydrogen) atoms. The quantitative estimate of drug-likeness (QED) is 0.220. The van der Waals surface area contributed by atoms with Crippen LogP contribution in [0.25, 0.3) is 0 Å². The van der Waals surface area contributed by atoms with E-state index in [2.05, 4.69) is 13.8 Å². The highest BCUT2D eigenvalue weighted by Crippen LogP contribution is 2.58. The third kappa shape index (κ3) is 3.97. The Morgan fingerprint density at radius 2 is 1.11 bits per heavy atom. The molecule has 0 fully saturated rings. The molecule has 2 aromatic carbocycles. The van der Waals surface area contributed by atoms with Gasteiger partial charge in [-0.2, -0.15) is 0 Å². The highest BCUT2D eigenvalue weighted by atomic mass is 32.1. The van der Waals surface area contributed by atoms with Gasteiger partial charge in [0.1, 0.15) is 11.5 Å². The molecule has 1 aliphatic carbocycles. The van der Waals surface area contributed by atoms with Gasteiger partial charge in [0.25, 0.3) is 0 Å². The molecule has 0 saturated carbocycles. The Bertz CT molecular complexity index is 1230. The van der Waals surface area contributed by atoms with Crippen LogP contribution >= 0.6 is 22.7 Å². The molecule has 2 heterocycles. The first-order valence-corrected chi connectivity index (χ1v) is 14.4. The highest BCUT2D eigenvalue weighted by molar-refractivity contribution is 7.10. The van der Waals surface area contributed by atoms with Gasteiger partial charge in [-0.25, -0.2) is 0 Å². The normalized spacial score (nSPS) is 20.6. The van der Waals surface area contributed by atoms with Crippen LogP contribution in [0.5, 0.6) is 11.5 Å². The summed E-state index contributed by atoms with van der Waals surface area (Å²) in [6.45, 7) is 5.31. The van der Waals surface area contributed by atoms with Crippen molar-refractivity contribution in [3.8, 4) is 11.5 Å². The maximum atomic E-state index is 12.9. The monoisotopic (exact) mass is 520 g/mol. The topological polar surface area (TPSA) is 58.9 Å². The molecule has 0 unspecified atom stereocenters. The summed E-state index contributed by atoms with van der Waals surface area (Å²) in [7, 11) is 0. The second-order valence-corrected chi connectivity index (χ2v) is 11.0. The molecule has 188 valence electrons. The molecule has 2 N–H and O–H groups in total. The van der Waals surface area contributed by atoms with E-state index in [1.54, 1.807) is 0 Å². The molecule has 0 radical (unpaired) electrons. The van der Waals surface area contributed by atoms with Gasteiger partial charge in [0, 0.05) is 32.0 Å². The second-order valence-electron chi connectivity index (χ2n) is 9.14. The molecule has 6 heteroatoms. The van der Waals surface area contributed by atoms with Crippen molar-refractivity contribution in [3.63, 3.8) is 0 Å². The maximum absolute atomic E-state index is 12.9. The van der Waals surface area contributed by atoms with E-state index < -0.39 is 11.2 Å². The Kier molecular flexibility index (Phi) is 7.22. The molecule has 0 saturated heterocycles.